The van der Waals surface area contributed by atoms with Crippen LogP contribution in [0.3, 0.4) is 0 Å². The van der Waals surface area contributed by atoms with Crippen LogP contribution >= 0.6 is 11.6 Å². The summed E-state index contributed by atoms with van der Waals surface area (Å²) >= 11 is 5.94. The molecule has 0 radical (unpaired) electrons. The molecule has 6 nitrogen and oxygen atoms in total. The van der Waals surface area contributed by atoms with Gasteiger partial charge in [-0.25, -0.2) is 14.4 Å². The van der Waals surface area contributed by atoms with E-state index in [4.69, 9.17) is 11.6 Å². The Morgan fingerprint density at radius 3 is 2.70 bits per heavy atom. The molecular weight excluding hydrogens is 405 g/mol. The minimum atomic E-state index is -0.420. The van der Waals surface area contributed by atoms with Crippen molar-refractivity contribution in [1.29, 1.82) is 0 Å². The summed E-state index contributed by atoms with van der Waals surface area (Å²) in [7, 11) is 0. The Morgan fingerprint density at radius 1 is 1.10 bits per heavy atom. The van der Waals surface area contributed by atoms with Crippen LogP contribution in [0.2, 0.25) is 5.02 Å². The van der Waals surface area contributed by atoms with Gasteiger partial charge in [0.15, 0.2) is 0 Å². The van der Waals surface area contributed by atoms with Gasteiger partial charge < -0.3 is 9.88 Å². The normalized spacial score (nSPS) is 22.7. The Bertz CT molecular complexity index is 1110. The predicted molar refractivity (Wildman–Crippen MR) is 116 cm³/mol. The van der Waals surface area contributed by atoms with Gasteiger partial charge in [-0.05, 0) is 49.6 Å². The summed E-state index contributed by atoms with van der Waals surface area (Å²) < 4.78 is 13.4. The topological polar surface area (TPSA) is 65.1 Å². The zero-order chi connectivity index (χ0) is 20.7. The lowest BCUT2D eigenvalue weighted by molar-refractivity contribution is 0.185. The molecule has 2 fully saturated rings. The zero-order valence-electron chi connectivity index (χ0n) is 16.5. The zero-order valence-corrected chi connectivity index (χ0v) is 17.3. The van der Waals surface area contributed by atoms with Crippen molar-refractivity contribution in [2.45, 2.75) is 31.2 Å². The van der Waals surface area contributed by atoms with Gasteiger partial charge in [-0.1, -0.05) is 11.6 Å². The van der Waals surface area contributed by atoms with E-state index in [1.807, 2.05) is 12.1 Å². The highest BCUT2D eigenvalue weighted by atomic mass is 35.5. The fraction of sp³-hybridized carbons (Fsp3) is 0.409. The number of anilines is 1. The first-order valence-corrected chi connectivity index (χ1v) is 10.7. The number of fused-ring (bicyclic) bond motifs is 1. The van der Waals surface area contributed by atoms with Crippen molar-refractivity contribution in [1.82, 2.24) is 19.9 Å². The Labute approximate surface area is 178 Å². The summed E-state index contributed by atoms with van der Waals surface area (Å²) in [5.74, 6) is 1.51. The van der Waals surface area contributed by atoms with Crippen LogP contribution in [0.25, 0.3) is 10.9 Å². The molecule has 2 aliphatic rings. The van der Waals surface area contributed by atoms with Gasteiger partial charge in [0.25, 0.3) is 5.56 Å². The maximum atomic E-state index is 13.4. The number of benzene rings is 1. The number of nitrogens with one attached hydrogen (secondary N) is 1. The quantitative estimate of drug-likeness (QED) is 0.692. The van der Waals surface area contributed by atoms with E-state index in [2.05, 4.69) is 24.8 Å². The van der Waals surface area contributed by atoms with Gasteiger partial charge in [-0.15, -0.1) is 0 Å². The summed E-state index contributed by atoms with van der Waals surface area (Å²) in [6.07, 6.45) is 4.76. The molecular formula is C22H23ClFN5O. The number of hydrogen-bond acceptors (Lipinski definition) is 5. The lowest BCUT2D eigenvalue weighted by Crippen LogP contribution is -2.50. The number of halogens is 2. The van der Waals surface area contributed by atoms with Crippen LogP contribution in [0.4, 0.5) is 10.2 Å². The van der Waals surface area contributed by atoms with Crippen molar-refractivity contribution in [3.05, 3.63) is 63.5 Å². The molecule has 0 amide bonds. The molecule has 30 heavy (non-hydrogen) atoms. The smallest absolute Gasteiger partial charge is 0.258 e. The molecule has 3 heterocycles. The molecule has 2 aromatic heterocycles. The van der Waals surface area contributed by atoms with Gasteiger partial charge in [0.1, 0.15) is 17.5 Å². The number of rotatable bonds is 3. The van der Waals surface area contributed by atoms with Crippen molar-refractivity contribution in [2.24, 2.45) is 0 Å². The molecule has 156 valence electrons. The number of nitrogens with zero attached hydrogens (tertiary/aromatic N) is 4. The molecule has 1 N–H and O–H groups in total. The van der Waals surface area contributed by atoms with Crippen molar-refractivity contribution in [3.8, 4) is 0 Å². The monoisotopic (exact) mass is 427 g/mol. The highest BCUT2D eigenvalue weighted by Crippen LogP contribution is 2.36. The maximum absolute atomic E-state index is 13.4. The van der Waals surface area contributed by atoms with E-state index < -0.39 is 5.82 Å². The average molecular weight is 428 g/mol. The van der Waals surface area contributed by atoms with Crippen LogP contribution in [0.15, 0.2) is 41.3 Å². The minimum Gasteiger partial charge on any atom is -0.354 e. The maximum Gasteiger partial charge on any atom is 0.258 e. The van der Waals surface area contributed by atoms with Crippen LogP contribution < -0.4 is 10.5 Å². The molecule has 3 aromatic rings. The second kappa shape index (κ2) is 7.96. The number of H-pyrrole nitrogens is 1. The lowest BCUT2D eigenvalue weighted by atomic mass is 10.1. The molecule has 1 saturated carbocycles. The molecule has 0 unspecified atom stereocenters. The SMILES string of the molecule is O=c1[nH]c([C@@H]2CC[C@H](N3CCN(c4ccc(Cl)cn4)CC3)C2)nc2ccc(F)cc12. The molecule has 1 saturated heterocycles. The molecule has 2 atom stereocenters. The van der Waals surface area contributed by atoms with Crippen molar-refractivity contribution in [2.75, 3.05) is 31.1 Å². The summed E-state index contributed by atoms with van der Waals surface area (Å²) in [5, 5.41) is 0.958. The van der Waals surface area contributed by atoms with E-state index in [1.165, 1.54) is 12.1 Å². The Hall–Kier alpha value is -2.51. The predicted octanol–water partition coefficient (Wildman–Crippen LogP) is 3.57. The highest BCUT2D eigenvalue weighted by molar-refractivity contribution is 6.30. The minimum absolute atomic E-state index is 0.230. The van der Waals surface area contributed by atoms with E-state index >= 15 is 0 Å². The molecule has 8 heteroatoms. The van der Waals surface area contributed by atoms with Crippen molar-refractivity contribution in [3.63, 3.8) is 0 Å². The van der Waals surface area contributed by atoms with E-state index in [9.17, 15) is 9.18 Å². The largest absolute Gasteiger partial charge is 0.354 e. The van der Waals surface area contributed by atoms with Gasteiger partial charge in [-0.2, -0.15) is 0 Å². The van der Waals surface area contributed by atoms with Crippen LogP contribution in [-0.2, 0) is 0 Å². The molecule has 0 bridgehead atoms. The highest BCUT2D eigenvalue weighted by Gasteiger charge is 2.33. The van der Waals surface area contributed by atoms with Gasteiger partial charge in [0.2, 0.25) is 0 Å². The third-order valence-corrected chi connectivity index (χ3v) is 6.57. The summed E-state index contributed by atoms with van der Waals surface area (Å²) in [6.45, 7) is 3.85. The third kappa shape index (κ3) is 3.79. The number of hydrogen-bond donors (Lipinski definition) is 1. The van der Waals surface area contributed by atoms with Crippen molar-refractivity contribution < 1.29 is 4.39 Å². The van der Waals surface area contributed by atoms with Crippen LogP contribution in [0.1, 0.15) is 31.0 Å². The molecule has 5 rings (SSSR count). The molecule has 1 aliphatic carbocycles. The first-order chi connectivity index (χ1) is 14.6. The lowest BCUT2D eigenvalue weighted by Gasteiger charge is -2.38. The van der Waals surface area contributed by atoms with Crippen LogP contribution in [-0.4, -0.2) is 52.1 Å². The second-order valence-electron chi connectivity index (χ2n) is 8.13. The van der Waals surface area contributed by atoms with E-state index in [1.54, 1.807) is 12.3 Å². The van der Waals surface area contributed by atoms with Crippen molar-refractivity contribution >= 4 is 28.3 Å². The van der Waals surface area contributed by atoms with E-state index in [0.717, 1.165) is 57.1 Å². The molecule has 1 aromatic carbocycles. The number of aromatic amines is 1. The van der Waals surface area contributed by atoms with Crippen LogP contribution in [0, 0.1) is 5.82 Å². The van der Waals surface area contributed by atoms with Gasteiger partial charge in [0.05, 0.1) is 15.9 Å². The Kier molecular flexibility index (Phi) is 5.16. The summed E-state index contributed by atoms with van der Waals surface area (Å²) in [6, 6.07) is 8.52. The fourth-order valence-electron chi connectivity index (χ4n) is 4.73. The number of pyridine rings is 1. The first kappa shape index (κ1) is 19.5. The number of aromatic nitrogens is 3. The Morgan fingerprint density at radius 2 is 1.93 bits per heavy atom. The van der Waals surface area contributed by atoms with E-state index in [-0.39, 0.29) is 11.5 Å². The molecule has 0 spiro atoms. The summed E-state index contributed by atoms with van der Waals surface area (Å²) in [5.41, 5.74) is 0.296. The van der Waals surface area contributed by atoms with Crippen LogP contribution in [0.5, 0.6) is 0 Å². The average Bonchev–Trinajstić information content (AvgIpc) is 3.25. The third-order valence-electron chi connectivity index (χ3n) is 6.34. The van der Waals surface area contributed by atoms with Gasteiger partial charge in [0, 0.05) is 44.3 Å². The molecule has 1 aliphatic heterocycles. The summed E-state index contributed by atoms with van der Waals surface area (Å²) in [4.78, 5) is 29.2. The second-order valence-corrected chi connectivity index (χ2v) is 8.57. The number of piperazine rings is 1. The van der Waals surface area contributed by atoms with Gasteiger partial charge in [-0.3, -0.25) is 9.69 Å². The first-order valence-electron chi connectivity index (χ1n) is 10.4. The van der Waals surface area contributed by atoms with E-state index in [0.29, 0.717) is 22.0 Å². The fourth-order valence-corrected chi connectivity index (χ4v) is 4.84. The standard InChI is InChI=1S/C22H23ClFN5O/c23-15-2-6-20(25-13-15)29-9-7-28(8-10-29)17-4-1-14(11-17)21-26-19-5-3-16(24)12-18(19)22(30)27-21/h2-3,5-6,12-14,17H,1,4,7-11H2,(H,26,27,30)/t14-,17+/m1/s1. The van der Waals surface area contributed by atoms with Gasteiger partial charge >= 0.3 is 0 Å². The Balaban J connectivity index is 1.24.